The number of carbonyl (C=O) groups excluding carboxylic acids is 1. The van der Waals surface area contributed by atoms with Crippen LogP contribution in [0.15, 0.2) is 18.2 Å². The number of halogens is 1. The van der Waals surface area contributed by atoms with Gasteiger partial charge in [-0.25, -0.2) is 4.39 Å². The summed E-state index contributed by atoms with van der Waals surface area (Å²) >= 11 is 0. The van der Waals surface area contributed by atoms with Gasteiger partial charge in [-0.2, -0.15) is 0 Å². The molecule has 1 aromatic carbocycles. The van der Waals surface area contributed by atoms with Crippen molar-refractivity contribution in [2.75, 3.05) is 0 Å². The predicted molar refractivity (Wildman–Crippen MR) is 73.4 cm³/mol. The number of rotatable bonds is 6. The molecule has 0 bridgehead atoms. The van der Waals surface area contributed by atoms with Gasteiger partial charge < -0.3 is 19.4 Å². The fourth-order valence-corrected chi connectivity index (χ4v) is 2.49. The SMILES string of the molecule is CCC(Oc1cc(C(=O)[O-])ccc1F)OC1CCCCC1. The van der Waals surface area contributed by atoms with Gasteiger partial charge in [0.05, 0.1) is 12.1 Å². The molecule has 0 radical (unpaired) electrons. The topological polar surface area (TPSA) is 58.6 Å². The Morgan fingerprint density at radius 2 is 2.10 bits per heavy atom. The largest absolute Gasteiger partial charge is 0.545 e. The molecule has 0 N–H and O–H groups in total. The molecule has 4 nitrogen and oxygen atoms in total. The van der Waals surface area contributed by atoms with Gasteiger partial charge in [0, 0.05) is 12.0 Å². The van der Waals surface area contributed by atoms with Crippen LogP contribution in [0.2, 0.25) is 0 Å². The van der Waals surface area contributed by atoms with Gasteiger partial charge >= 0.3 is 0 Å². The van der Waals surface area contributed by atoms with Crippen molar-refractivity contribution >= 4 is 5.97 Å². The lowest BCUT2D eigenvalue weighted by Gasteiger charge is -2.27. The van der Waals surface area contributed by atoms with Crippen LogP contribution >= 0.6 is 0 Å². The Kier molecular flexibility index (Phi) is 5.56. The lowest BCUT2D eigenvalue weighted by molar-refractivity contribution is -0.255. The van der Waals surface area contributed by atoms with Crippen molar-refractivity contribution in [1.29, 1.82) is 0 Å². The molecule has 1 aliphatic carbocycles. The first-order valence-electron chi connectivity index (χ1n) is 7.43. The summed E-state index contributed by atoms with van der Waals surface area (Å²) in [6, 6.07) is 3.35. The maximum absolute atomic E-state index is 13.7. The molecule has 0 aliphatic heterocycles. The second kappa shape index (κ2) is 7.41. The van der Waals surface area contributed by atoms with Crippen LogP contribution in [0, 0.1) is 5.82 Å². The van der Waals surface area contributed by atoms with Crippen LogP contribution in [0.3, 0.4) is 0 Å². The van der Waals surface area contributed by atoms with E-state index in [1.54, 1.807) is 0 Å². The van der Waals surface area contributed by atoms with E-state index in [0.717, 1.165) is 43.9 Å². The van der Waals surface area contributed by atoms with E-state index < -0.39 is 18.1 Å². The lowest BCUT2D eigenvalue weighted by atomic mass is 9.98. The van der Waals surface area contributed by atoms with Gasteiger partial charge in [0.25, 0.3) is 0 Å². The lowest BCUT2D eigenvalue weighted by Crippen LogP contribution is -2.28. The molecule has 0 heterocycles. The Bertz CT molecular complexity index is 483. The third-order valence-corrected chi connectivity index (χ3v) is 3.66. The van der Waals surface area contributed by atoms with Crippen molar-refractivity contribution < 1.29 is 23.8 Å². The van der Waals surface area contributed by atoms with Crippen LogP contribution in [0.5, 0.6) is 5.75 Å². The third-order valence-electron chi connectivity index (χ3n) is 3.66. The molecule has 1 aliphatic rings. The molecule has 21 heavy (non-hydrogen) atoms. The smallest absolute Gasteiger partial charge is 0.199 e. The van der Waals surface area contributed by atoms with Gasteiger partial charge in [-0.15, -0.1) is 0 Å². The minimum absolute atomic E-state index is 0.112. The predicted octanol–water partition coefficient (Wildman–Crippen LogP) is 2.65. The number of hydrogen-bond acceptors (Lipinski definition) is 4. The Labute approximate surface area is 123 Å². The van der Waals surface area contributed by atoms with Gasteiger partial charge in [-0.05, 0) is 31.0 Å². The summed E-state index contributed by atoms with van der Waals surface area (Å²) in [6.07, 6.45) is 5.59. The Morgan fingerprint density at radius 3 is 2.71 bits per heavy atom. The molecule has 116 valence electrons. The van der Waals surface area contributed by atoms with Crippen molar-refractivity contribution in [3.8, 4) is 5.75 Å². The summed E-state index contributed by atoms with van der Waals surface area (Å²) in [5.74, 6) is -2.08. The Balaban J connectivity index is 2.03. The van der Waals surface area contributed by atoms with E-state index in [0.29, 0.717) is 6.42 Å². The van der Waals surface area contributed by atoms with Crippen LogP contribution < -0.4 is 9.84 Å². The zero-order valence-corrected chi connectivity index (χ0v) is 12.1. The normalized spacial score (nSPS) is 17.4. The van der Waals surface area contributed by atoms with Gasteiger partial charge in [0.1, 0.15) is 0 Å². The molecule has 0 spiro atoms. The van der Waals surface area contributed by atoms with E-state index in [1.165, 1.54) is 6.42 Å². The maximum atomic E-state index is 13.7. The van der Waals surface area contributed by atoms with Crippen LogP contribution in [-0.4, -0.2) is 18.4 Å². The molecular formula is C16H20FO4-. The Morgan fingerprint density at radius 1 is 1.38 bits per heavy atom. The van der Waals surface area contributed by atoms with Crippen LogP contribution in [0.4, 0.5) is 4.39 Å². The molecular weight excluding hydrogens is 275 g/mol. The van der Waals surface area contributed by atoms with Crippen molar-refractivity contribution in [3.63, 3.8) is 0 Å². The summed E-state index contributed by atoms with van der Waals surface area (Å²) in [7, 11) is 0. The molecule has 2 rings (SSSR count). The van der Waals surface area contributed by atoms with Gasteiger partial charge in [-0.3, -0.25) is 0 Å². The third kappa shape index (κ3) is 4.43. The summed E-state index contributed by atoms with van der Waals surface area (Å²) in [5.41, 5.74) is -0.112. The fourth-order valence-electron chi connectivity index (χ4n) is 2.49. The van der Waals surface area contributed by atoms with Gasteiger partial charge in [0.2, 0.25) is 0 Å². The van der Waals surface area contributed by atoms with Crippen molar-refractivity contribution in [1.82, 2.24) is 0 Å². The molecule has 1 aromatic rings. The molecule has 0 amide bonds. The molecule has 1 saturated carbocycles. The van der Waals surface area contributed by atoms with Crippen LogP contribution in [-0.2, 0) is 4.74 Å². The zero-order valence-electron chi connectivity index (χ0n) is 12.1. The monoisotopic (exact) mass is 295 g/mol. The molecule has 0 aromatic heterocycles. The van der Waals surface area contributed by atoms with Crippen LogP contribution in [0.1, 0.15) is 55.8 Å². The van der Waals surface area contributed by atoms with E-state index in [9.17, 15) is 14.3 Å². The summed E-state index contributed by atoms with van der Waals surface area (Å²) in [5, 5.41) is 10.8. The van der Waals surface area contributed by atoms with E-state index in [2.05, 4.69) is 0 Å². The highest BCUT2D eigenvalue weighted by molar-refractivity contribution is 5.86. The molecule has 0 saturated heterocycles. The number of benzene rings is 1. The highest BCUT2D eigenvalue weighted by atomic mass is 19.1. The van der Waals surface area contributed by atoms with Crippen molar-refractivity contribution in [2.24, 2.45) is 0 Å². The minimum Gasteiger partial charge on any atom is -0.545 e. The quantitative estimate of drug-likeness (QED) is 0.757. The average molecular weight is 295 g/mol. The molecule has 1 fully saturated rings. The maximum Gasteiger partial charge on any atom is 0.199 e. The van der Waals surface area contributed by atoms with Crippen LogP contribution in [0.25, 0.3) is 0 Å². The molecule has 5 heteroatoms. The second-order valence-electron chi connectivity index (χ2n) is 5.28. The first kappa shape index (κ1) is 15.8. The van der Waals surface area contributed by atoms with E-state index in [1.807, 2.05) is 6.92 Å². The minimum atomic E-state index is -1.36. The van der Waals surface area contributed by atoms with Crippen molar-refractivity contribution in [2.45, 2.75) is 57.8 Å². The first-order valence-corrected chi connectivity index (χ1v) is 7.43. The first-order chi connectivity index (χ1) is 10.1. The standard InChI is InChI=1S/C16H21FO4/c1-2-15(20-12-6-4-3-5-7-12)21-14-10-11(16(18)19)8-9-13(14)17/h8-10,12,15H,2-7H2,1H3,(H,18,19)/p-1. The summed E-state index contributed by atoms with van der Waals surface area (Å²) in [6.45, 7) is 1.88. The van der Waals surface area contributed by atoms with E-state index >= 15 is 0 Å². The fraction of sp³-hybridized carbons (Fsp3) is 0.562. The zero-order chi connectivity index (χ0) is 15.2. The van der Waals surface area contributed by atoms with Crippen molar-refractivity contribution in [3.05, 3.63) is 29.6 Å². The van der Waals surface area contributed by atoms with E-state index in [-0.39, 0.29) is 17.4 Å². The molecule has 1 atom stereocenters. The van der Waals surface area contributed by atoms with Gasteiger partial charge in [-0.1, -0.05) is 26.2 Å². The number of ether oxygens (including phenoxy) is 2. The summed E-state index contributed by atoms with van der Waals surface area (Å²) < 4.78 is 25.1. The van der Waals surface area contributed by atoms with Gasteiger partial charge in [0.15, 0.2) is 17.9 Å². The Hall–Kier alpha value is -1.62. The van der Waals surface area contributed by atoms with E-state index in [4.69, 9.17) is 9.47 Å². The number of carboxylic acids is 1. The molecule has 1 unspecified atom stereocenters. The number of carboxylic acid groups (broad SMARTS) is 1. The average Bonchev–Trinajstić information content (AvgIpc) is 2.49. The number of aromatic carboxylic acids is 1. The number of carbonyl (C=O) groups is 1. The highest BCUT2D eigenvalue weighted by Gasteiger charge is 2.20. The number of hydrogen-bond donors (Lipinski definition) is 0. The second-order valence-corrected chi connectivity index (χ2v) is 5.28. The highest BCUT2D eigenvalue weighted by Crippen LogP contribution is 2.25. The summed E-state index contributed by atoms with van der Waals surface area (Å²) in [4.78, 5) is 10.8.